The van der Waals surface area contributed by atoms with E-state index in [4.69, 9.17) is 4.42 Å². The molecule has 0 aliphatic heterocycles. The van der Waals surface area contributed by atoms with Gasteiger partial charge in [-0.25, -0.2) is 0 Å². The van der Waals surface area contributed by atoms with Gasteiger partial charge in [0.15, 0.2) is 0 Å². The second kappa shape index (κ2) is 12.0. The van der Waals surface area contributed by atoms with Gasteiger partial charge in [-0.3, -0.25) is 0 Å². The summed E-state index contributed by atoms with van der Waals surface area (Å²) in [5.74, 6) is 0. The van der Waals surface area contributed by atoms with Crippen molar-refractivity contribution in [2.45, 2.75) is 0 Å². The molecule has 10 rings (SSSR count). The molecule has 0 N–H and O–H groups in total. The normalized spacial score (nSPS) is 11.5. The summed E-state index contributed by atoms with van der Waals surface area (Å²) in [6.45, 7) is 0. The van der Waals surface area contributed by atoms with E-state index in [0.717, 1.165) is 33.1 Å². The van der Waals surface area contributed by atoms with Gasteiger partial charge in [0.05, 0.1) is 0 Å². The van der Waals surface area contributed by atoms with Gasteiger partial charge < -0.3 is 4.42 Å². The number of hydrogen-bond acceptors (Lipinski definition) is 1. The third-order valence-electron chi connectivity index (χ3n) is 10.3. The predicted octanol–water partition coefficient (Wildman–Crippen LogP) is 14.2. The Hall–Kier alpha value is -6.70. The molecule has 51 heavy (non-hydrogen) atoms. The fraction of sp³-hybridized carbons (Fsp3) is 0. The summed E-state index contributed by atoms with van der Waals surface area (Å²) < 4.78 is 6.55. The van der Waals surface area contributed by atoms with Crippen LogP contribution in [0.3, 0.4) is 0 Å². The second-order valence-electron chi connectivity index (χ2n) is 13.3. The highest BCUT2D eigenvalue weighted by atomic mass is 16.3. The first kappa shape index (κ1) is 29.2. The molecule has 0 spiro atoms. The van der Waals surface area contributed by atoms with Crippen molar-refractivity contribution in [2.75, 3.05) is 0 Å². The Kier molecular flexibility index (Phi) is 6.89. The molecule has 1 nitrogen and oxygen atoms in total. The molecule has 0 saturated heterocycles. The maximum Gasteiger partial charge on any atom is 0.136 e. The first-order valence-electron chi connectivity index (χ1n) is 17.5. The molecule has 0 unspecified atom stereocenters. The smallest absolute Gasteiger partial charge is 0.136 e. The standard InChI is InChI=1S/C50H32O/c1-3-12-33(13-4-1)35-22-24-36(25-23-35)40-28-39(34-14-5-2-6-15-34)29-41(30-40)43-20-11-21-49-50(43)47-32-38(26-27-48(47)51-49)46-31-37-16-7-8-17-42(37)44-18-9-10-19-45(44)46/h1-32H. The Balaban J connectivity index is 1.17. The molecule has 0 bridgehead atoms. The molecule has 0 aliphatic carbocycles. The highest BCUT2D eigenvalue weighted by Crippen LogP contribution is 2.42. The minimum Gasteiger partial charge on any atom is -0.456 e. The number of benzene rings is 9. The van der Waals surface area contributed by atoms with E-state index >= 15 is 0 Å². The molecule has 238 valence electrons. The van der Waals surface area contributed by atoms with E-state index in [1.165, 1.54) is 66.1 Å². The molecule has 0 fully saturated rings. The van der Waals surface area contributed by atoms with E-state index in [0.29, 0.717) is 0 Å². The van der Waals surface area contributed by atoms with Crippen LogP contribution in [0.2, 0.25) is 0 Å². The highest BCUT2D eigenvalue weighted by Gasteiger charge is 2.17. The fourth-order valence-corrected chi connectivity index (χ4v) is 7.76. The number of furan rings is 1. The van der Waals surface area contributed by atoms with Gasteiger partial charge in [-0.15, -0.1) is 0 Å². The Morgan fingerprint density at radius 1 is 0.255 bits per heavy atom. The monoisotopic (exact) mass is 648 g/mol. The van der Waals surface area contributed by atoms with Crippen LogP contribution in [0.25, 0.3) is 99.1 Å². The van der Waals surface area contributed by atoms with Crippen LogP contribution in [0.4, 0.5) is 0 Å². The van der Waals surface area contributed by atoms with E-state index in [1.807, 2.05) is 0 Å². The minimum atomic E-state index is 0.891. The zero-order chi connectivity index (χ0) is 33.7. The average molecular weight is 649 g/mol. The molecule has 0 radical (unpaired) electrons. The summed E-state index contributed by atoms with van der Waals surface area (Å²) in [5, 5.41) is 7.29. The summed E-state index contributed by atoms with van der Waals surface area (Å²) >= 11 is 0. The van der Waals surface area contributed by atoms with Crippen LogP contribution < -0.4 is 0 Å². The van der Waals surface area contributed by atoms with Crippen molar-refractivity contribution >= 4 is 43.5 Å². The van der Waals surface area contributed by atoms with Gasteiger partial charge >= 0.3 is 0 Å². The SMILES string of the molecule is c1ccc(-c2ccc(-c3cc(-c4ccccc4)cc(-c4cccc5oc6ccc(-c7cc8ccccc8c8ccccc78)cc6c45)c3)cc2)cc1. The molecule has 0 atom stereocenters. The van der Waals surface area contributed by atoms with E-state index in [1.54, 1.807) is 0 Å². The molecular weight excluding hydrogens is 617 g/mol. The Bertz CT molecular complexity index is 2880. The van der Waals surface area contributed by atoms with Gasteiger partial charge in [-0.1, -0.05) is 152 Å². The van der Waals surface area contributed by atoms with Crippen LogP contribution in [0.5, 0.6) is 0 Å². The first-order valence-corrected chi connectivity index (χ1v) is 17.5. The lowest BCUT2D eigenvalue weighted by molar-refractivity contribution is 0.669. The van der Waals surface area contributed by atoms with Crippen LogP contribution in [-0.2, 0) is 0 Å². The number of fused-ring (bicyclic) bond motifs is 6. The quantitative estimate of drug-likeness (QED) is 0.169. The van der Waals surface area contributed by atoms with E-state index in [-0.39, 0.29) is 0 Å². The molecule has 0 saturated carbocycles. The lowest BCUT2D eigenvalue weighted by Crippen LogP contribution is -1.87. The summed E-state index contributed by atoms with van der Waals surface area (Å²) in [6.07, 6.45) is 0. The molecule has 1 heteroatoms. The van der Waals surface area contributed by atoms with Crippen LogP contribution in [-0.4, -0.2) is 0 Å². The lowest BCUT2D eigenvalue weighted by atomic mass is 9.90. The summed E-state index contributed by atoms with van der Waals surface area (Å²) in [6, 6.07) is 70.0. The van der Waals surface area contributed by atoms with Crippen LogP contribution >= 0.6 is 0 Å². The fourth-order valence-electron chi connectivity index (χ4n) is 7.76. The maximum atomic E-state index is 6.55. The van der Waals surface area contributed by atoms with Crippen molar-refractivity contribution in [1.82, 2.24) is 0 Å². The number of rotatable bonds is 5. The van der Waals surface area contributed by atoms with Crippen LogP contribution in [0.15, 0.2) is 199 Å². The van der Waals surface area contributed by atoms with Crippen molar-refractivity contribution in [3.63, 3.8) is 0 Å². The zero-order valence-electron chi connectivity index (χ0n) is 27.9. The number of hydrogen-bond donors (Lipinski definition) is 0. The third kappa shape index (κ3) is 5.10. The van der Waals surface area contributed by atoms with Crippen molar-refractivity contribution in [3.8, 4) is 55.6 Å². The second-order valence-corrected chi connectivity index (χ2v) is 13.3. The van der Waals surface area contributed by atoms with Crippen molar-refractivity contribution < 1.29 is 4.42 Å². The Labute approximate surface area is 296 Å². The molecule has 1 heterocycles. The summed E-state index contributed by atoms with van der Waals surface area (Å²) in [5.41, 5.74) is 13.7. The van der Waals surface area contributed by atoms with E-state index in [9.17, 15) is 0 Å². The highest BCUT2D eigenvalue weighted by molar-refractivity contribution is 6.17. The molecule has 0 aliphatic rings. The Morgan fingerprint density at radius 3 is 1.53 bits per heavy atom. The molecular formula is C50H32O. The van der Waals surface area contributed by atoms with Gasteiger partial charge in [-0.05, 0) is 120 Å². The van der Waals surface area contributed by atoms with Crippen molar-refractivity contribution in [2.24, 2.45) is 0 Å². The van der Waals surface area contributed by atoms with Crippen molar-refractivity contribution in [1.29, 1.82) is 0 Å². The minimum absolute atomic E-state index is 0.891. The largest absolute Gasteiger partial charge is 0.456 e. The van der Waals surface area contributed by atoms with Gasteiger partial charge in [0, 0.05) is 10.8 Å². The van der Waals surface area contributed by atoms with E-state index < -0.39 is 0 Å². The van der Waals surface area contributed by atoms with Crippen LogP contribution in [0.1, 0.15) is 0 Å². The van der Waals surface area contributed by atoms with Crippen LogP contribution in [0, 0.1) is 0 Å². The summed E-state index contributed by atoms with van der Waals surface area (Å²) in [4.78, 5) is 0. The lowest BCUT2D eigenvalue weighted by Gasteiger charge is -2.13. The molecule has 1 aromatic heterocycles. The first-order chi connectivity index (χ1) is 25.3. The summed E-state index contributed by atoms with van der Waals surface area (Å²) in [7, 11) is 0. The predicted molar refractivity (Wildman–Crippen MR) is 216 cm³/mol. The topological polar surface area (TPSA) is 13.1 Å². The van der Waals surface area contributed by atoms with E-state index in [2.05, 4.69) is 194 Å². The molecule has 9 aromatic carbocycles. The van der Waals surface area contributed by atoms with Gasteiger partial charge in [0.1, 0.15) is 11.2 Å². The average Bonchev–Trinajstić information content (AvgIpc) is 3.59. The van der Waals surface area contributed by atoms with Crippen molar-refractivity contribution in [3.05, 3.63) is 194 Å². The van der Waals surface area contributed by atoms with Gasteiger partial charge in [0.2, 0.25) is 0 Å². The Morgan fingerprint density at radius 2 is 0.804 bits per heavy atom. The molecule has 10 aromatic rings. The molecule has 0 amide bonds. The zero-order valence-corrected chi connectivity index (χ0v) is 27.9. The van der Waals surface area contributed by atoms with Gasteiger partial charge in [0.25, 0.3) is 0 Å². The third-order valence-corrected chi connectivity index (χ3v) is 10.3. The van der Waals surface area contributed by atoms with Gasteiger partial charge in [-0.2, -0.15) is 0 Å². The maximum absolute atomic E-state index is 6.55.